The van der Waals surface area contributed by atoms with E-state index in [1.807, 2.05) is 13.0 Å². The highest BCUT2D eigenvalue weighted by Gasteiger charge is 2.35. The number of halogens is 1. The molecule has 1 aliphatic carbocycles. The number of nitrogens with two attached hydrogens (primary N) is 1. The predicted molar refractivity (Wildman–Crippen MR) is 111 cm³/mol. The molecule has 2 aliphatic rings. The van der Waals surface area contributed by atoms with Crippen LogP contribution in [-0.4, -0.2) is 44.3 Å². The van der Waals surface area contributed by atoms with Crippen LogP contribution in [0.25, 0.3) is 0 Å². The lowest BCUT2D eigenvalue weighted by atomic mass is 9.84. The third kappa shape index (κ3) is 5.23. The average molecular weight is 436 g/mol. The van der Waals surface area contributed by atoms with Gasteiger partial charge in [0.2, 0.25) is 5.91 Å². The second-order valence-electron chi connectivity index (χ2n) is 7.46. The van der Waals surface area contributed by atoms with Crippen LogP contribution < -0.4 is 11.1 Å². The smallest absolute Gasteiger partial charge is 0.252 e. The molecule has 6 nitrogen and oxygen atoms in total. The van der Waals surface area contributed by atoms with E-state index in [2.05, 4.69) is 5.32 Å². The van der Waals surface area contributed by atoms with Crippen molar-refractivity contribution in [2.24, 2.45) is 17.6 Å². The van der Waals surface area contributed by atoms with Crippen LogP contribution in [0.4, 0.5) is 0 Å². The van der Waals surface area contributed by atoms with Crippen molar-refractivity contribution in [2.75, 3.05) is 19.6 Å². The molecule has 1 saturated heterocycles. The van der Waals surface area contributed by atoms with E-state index >= 15 is 0 Å². The molecule has 1 aromatic rings. The lowest BCUT2D eigenvalue weighted by Crippen LogP contribution is -2.50. The lowest BCUT2D eigenvalue weighted by molar-refractivity contribution is -0.127. The van der Waals surface area contributed by atoms with E-state index in [0.29, 0.717) is 29.6 Å². The Morgan fingerprint density at radius 3 is 2.67 bits per heavy atom. The number of amides is 1. The van der Waals surface area contributed by atoms with Crippen molar-refractivity contribution in [2.45, 2.75) is 55.7 Å². The minimum atomic E-state index is -3.50. The lowest BCUT2D eigenvalue weighted by Gasteiger charge is -2.35. The Kier molecular flexibility index (Phi) is 8.12. The number of hydrogen-bond donors (Lipinski definition) is 2. The van der Waals surface area contributed by atoms with Crippen molar-refractivity contribution >= 4 is 39.7 Å². The summed E-state index contributed by atoms with van der Waals surface area (Å²) in [7, 11) is -3.50. The Balaban J connectivity index is 0.00000261. The van der Waals surface area contributed by atoms with E-state index in [-0.39, 0.29) is 36.8 Å². The highest BCUT2D eigenvalue weighted by Crippen LogP contribution is 2.29. The van der Waals surface area contributed by atoms with Gasteiger partial charge in [-0.15, -0.1) is 23.7 Å². The standard InChI is InChI=1S/C18H29N3O3S2.ClH/c1-13-8-9-17(25-13)26(23,24)21-10-4-6-15(12-21)18(22)20-16-7-3-2-5-14(16)11-19;/h8-9,14-16H,2-7,10-12,19H2,1H3,(H,20,22);1H. The fraction of sp³-hybridized carbons (Fsp3) is 0.722. The molecule has 1 aromatic heterocycles. The van der Waals surface area contributed by atoms with Crippen LogP contribution >= 0.6 is 23.7 Å². The molecule has 27 heavy (non-hydrogen) atoms. The van der Waals surface area contributed by atoms with Gasteiger partial charge in [0.1, 0.15) is 4.21 Å². The number of thiophene rings is 1. The quantitative estimate of drug-likeness (QED) is 0.743. The van der Waals surface area contributed by atoms with Crippen molar-refractivity contribution in [3.8, 4) is 0 Å². The van der Waals surface area contributed by atoms with Gasteiger partial charge < -0.3 is 11.1 Å². The summed E-state index contributed by atoms with van der Waals surface area (Å²) in [6, 6.07) is 3.61. The summed E-state index contributed by atoms with van der Waals surface area (Å²) in [4.78, 5) is 13.7. The molecule has 3 atom stereocenters. The third-order valence-corrected chi connectivity index (χ3v) is 8.94. The van der Waals surface area contributed by atoms with E-state index in [9.17, 15) is 13.2 Å². The molecule has 3 rings (SSSR count). The molecule has 2 heterocycles. The van der Waals surface area contributed by atoms with E-state index < -0.39 is 10.0 Å². The fourth-order valence-electron chi connectivity index (χ4n) is 4.03. The summed E-state index contributed by atoms with van der Waals surface area (Å²) < 4.78 is 27.5. The molecule has 0 radical (unpaired) electrons. The zero-order valence-electron chi connectivity index (χ0n) is 15.7. The first-order chi connectivity index (χ1) is 12.4. The van der Waals surface area contributed by atoms with E-state index in [1.165, 1.54) is 22.1 Å². The van der Waals surface area contributed by atoms with Gasteiger partial charge in [0.15, 0.2) is 0 Å². The zero-order valence-corrected chi connectivity index (χ0v) is 18.2. The van der Waals surface area contributed by atoms with Crippen LogP contribution in [0, 0.1) is 18.8 Å². The summed E-state index contributed by atoms with van der Waals surface area (Å²) in [5.74, 6) is 0.0442. The Bertz CT molecular complexity index is 738. The first-order valence-electron chi connectivity index (χ1n) is 9.49. The van der Waals surface area contributed by atoms with Gasteiger partial charge in [0.25, 0.3) is 10.0 Å². The van der Waals surface area contributed by atoms with Gasteiger partial charge in [-0.2, -0.15) is 4.31 Å². The van der Waals surface area contributed by atoms with Crippen LogP contribution in [0.15, 0.2) is 16.3 Å². The molecule has 3 unspecified atom stereocenters. The van der Waals surface area contributed by atoms with E-state index in [4.69, 9.17) is 5.73 Å². The highest BCUT2D eigenvalue weighted by molar-refractivity contribution is 7.91. The Morgan fingerprint density at radius 2 is 2.00 bits per heavy atom. The summed E-state index contributed by atoms with van der Waals surface area (Å²) in [6.45, 7) is 3.24. The van der Waals surface area contributed by atoms with Crippen LogP contribution in [0.3, 0.4) is 0 Å². The molecular weight excluding hydrogens is 406 g/mol. The number of hydrogen-bond acceptors (Lipinski definition) is 5. The van der Waals surface area contributed by atoms with Gasteiger partial charge in [-0.1, -0.05) is 12.8 Å². The van der Waals surface area contributed by atoms with Crippen molar-refractivity contribution in [1.82, 2.24) is 9.62 Å². The first kappa shape index (κ1) is 22.6. The van der Waals surface area contributed by atoms with Crippen molar-refractivity contribution < 1.29 is 13.2 Å². The second-order valence-corrected chi connectivity index (χ2v) is 10.9. The summed E-state index contributed by atoms with van der Waals surface area (Å²) in [6.07, 6.45) is 5.77. The second kappa shape index (κ2) is 9.69. The minimum Gasteiger partial charge on any atom is -0.353 e. The average Bonchev–Trinajstić information content (AvgIpc) is 3.09. The van der Waals surface area contributed by atoms with Crippen LogP contribution in [0.5, 0.6) is 0 Å². The molecule has 0 aromatic carbocycles. The van der Waals surface area contributed by atoms with Gasteiger partial charge in [0, 0.05) is 24.0 Å². The maximum absolute atomic E-state index is 12.8. The number of rotatable bonds is 5. The van der Waals surface area contributed by atoms with Crippen LogP contribution in [0.2, 0.25) is 0 Å². The fourth-order valence-corrected chi connectivity index (χ4v) is 6.99. The summed E-state index contributed by atoms with van der Waals surface area (Å²) >= 11 is 1.29. The highest BCUT2D eigenvalue weighted by atomic mass is 35.5. The molecule has 1 amide bonds. The molecular formula is C18H30ClN3O3S2. The van der Waals surface area contributed by atoms with Crippen LogP contribution in [0.1, 0.15) is 43.4 Å². The summed E-state index contributed by atoms with van der Waals surface area (Å²) in [5.41, 5.74) is 5.86. The molecule has 3 N–H and O–H groups in total. The molecule has 154 valence electrons. The number of nitrogens with one attached hydrogen (secondary N) is 1. The third-order valence-electron chi connectivity index (χ3n) is 5.60. The Hall–Kier alpha value is -0.670. The number of carbonyl (C=O) groups is 1. The van der Waals surface area contributed by atoms with Gasteiger partial charge in [-0.05, 0) is 57.2 Å². The largest absolute Gasteiger partial charge is 0.353 e. The molecule has 2 fully saturated rings. The van der Waals surface area contributed by atoms with Gasteiger partial charge in [0.05, 0.1) is 5.92 Å². The number of piperidine rings is 1. The first-order valence-corrected chi connectivity index (χ1v) is 11.7. The van der Waals surface area contributed by atoms with E-state index in [1.54, 1.807) is 6.07 Å². The molecule has 0 bridgehead atoms. The molecule has 9 heteroatoms. The van der Waals surface area contributed by atoms with Gasteiger partial charge in [-0.25, -0.2) is 8.42 Å². The topological polar surface area (TPSA) is 92.5 Å². The molecule has 1 saturated carbocycles. The van der Waals surface area contributed by atoms with Crippen molar-refractivity contribution in [3.05, 3.63) is 17.0 Å². The van der Waals surface area contributed by atoms with Crippen molar-refractivity contribution in [1.29, 1.82) is 0 Å². The van der Waals surface area contributed by atoms with E-state index in [0.717, 1.165) is 30.6 Å². The normalized spacial score (nSPS) is 27.0. The molecule has 1 aliphatic heterocycles. The Labute approximate surface area is 172 Å². The van der Waals surface area contributed by atoms with Gasteiger partial charge in [-0.3, -0.25) is 4.79 Å². The zero-order chi connectivity index (χ0) is 18.7. The monoisotopic (exact) mass is 435 g/mol. The van der Waals surface area contributed by atoms with Crippen LogP contribution in [-0.2, 0) is 14.8 Å². The SMILES string of the molecule is Cc1ccc(S(=O)(=O)N2CCCC(C(=O)NC3CCCCC3CN)C2)s1.Cl. The van der Waals surface area contributed by atoms with Crippen molar-refractivity contribution in [3.63, 3.8) is 0 Å². The van der Waals surface area contributed by atoms with Gasteiger partial charge >= 0.3 is 0 Å². The number of carbonyl (C=O) groups excluding carboxylic acids is 1. The summed E-state index contributed by atoms with van der Waals surface area (Å²) in [5, 5.41) is 3.17. The maximum atomic E-state index is 12.8. The maximum Gasteiger partial charge on any atom is 0.252 e. The minimum absolute atomic E-state index is 0. The molecule has 0 spiro atoms. The number of aryl methyl sites for hydroxylation is 1. The number of nitrogens with zero attached hydrogens (tertiary/aromatic N) is 1. The number of sulfonamides is 1. The Morgan fingerprint density at radius 1 is 1.26 bits per heavy atom. The predicted octanol–water partition coefficient (Wildman–Crippen LogP) is 2.51.